The van der Waals surface area contributed by atoms with Crippen molar-refractivity contribution in [3.63, 3.8) is 0 Å². The number of carbonyl (C=O) groups is 1. The fourth-order valence-corrected chi connectivity index (χ4v) is 3.76. The predicted octanol–water partition coefficient (Wildman–Crippen LogP) is 0.940. The van der Waals surface area contributed by atoms with Crippen molar-refractivity contribution < 1.29 is 9.53 Å². The van der Waals surface area contributed by atoms with Crippen LogP contribution in [0.4, 0.5) is 0 Å². The molecule has 2 aliphatic heterocycles. The fourth-order valence-electron chi connectivity index (χ4n) is 3.76. The molecule has 1 aromatic carbocycles. The Kier molecular flexibility index (Phi) is 6.64. The van der Waals surface area contributed by atoms with Crippen LogP contribution in [-0.2, 0) is 9.53 Å². The molecule has 2 atom stereocenters. The van der Waals surface area contributed by atoms with E-state index in [0.717, 1.165) is 58.0 Å². The highest BCUT2D eigenvalue weighted by Crippen LogP contribution is 2.16. The third-order valence-corrected chi connectivity index (χ3v) is 5.47. The van der Waals surface area contributed by atoms with Gasteiger partial charge in [-0.15, -0.1) is 0 Å². The monoisotopic (exact) mass is 360 g/mol. The number of ether oxygens (including phenoxy) is 1. The van der Waals surface area contributed by atoms with E-state index >= 15 is 0 Å². The first kappa shape index (κ1) is 19.3. The third kappa shape index (κ3) is 4.82. The molecule has 6 heteroatoms. The van der Waals surface area contributed by atoms with Crippen LogP contribution in [0, 0.1) is 0 Å². The maximum Gasteiger partial charge on any atom is 0.244 e. The molecule has 0 aromatic heterocycles. The van der Waals surface area contributed by atoms with Crippen LogP contribution in [0.25, 0.3) is 0 Å². The molecule has 2 heterocycles. The zero-order valence-electron chi connectivity index (χ0n) is 16.0. The Hall–Kier alpha value is -1.47. The number of carbonyl (C=O) groups excluding carboxylic acids is 1. The number of amides is 1. The van der Waals surface area contributed by atoms with Crippen LogP contribution in [-0.4, -0.2) is 85.2 Å². The van der Waals surface area contributed by atoms with Gasteiger partial charge in [-0.25, -0.2) is 0 Å². The van der Waals surface area contributed by atoms with Crippen molar-refractivity contribution in [3.05, 3.63) is 35.9 Å². The standard InChI is InChI=1S/C20H32N4O2/c1-16(2)24-12-13-26-18(15-24)14-22-8-10-23(11-9-22)20(25)19(21)17-6-4-3-5-7-17/h3-7,16,18-19H,8-15,21H2,1-2H3. The summed E-state index contributed by atoms with van der Waals surface area (Å²) in [6, 6.07) is 9.61. The summed E-state index contributed by atoms with van der Waals surface area (Å²) in [5.41, 5.74) is 7.05. The van der Waals surface area contributed by atoms with Crippen molar-refractivity contribution in [2.45, 2.75) is 32.0 Å². The van der Waals surface area contributed by atoms with E-state index in [1.54, 1.807) is 0 Å². The molecule has 2 N–H and O–H groups in total. The zero-order valence-corrected chi connectivity index (χ0v) is 16.0. The highest BCUT2D eigenvalue weighted by Gasteiger charge is 2.29. The van der Waals surface area contributed by atoms with Gasteiger partial charge in [0.25, 0.3) is 0 Å². The lowest BCUT2D eigenvalue weighted by molar-refractivity contribution is -0.135. The van der Waals surface area contributed by atoms with E-state index in [1.807, 2.05) is 35.2 Å². The van der Waals surface area contributed by atoms with Crippen LogP contribution in [0.2, 0.25) is 0 Å². The van der Waals surface area contributed by atoms with Gasteiger partial charge in [0.05, 0.1) is 12.7 Å². The Morgan fingerprint density at radius 3 is 2.50 bits per heavy atom. The number of nitrogens with zero attached hydrogens (tertiary/aromatic N) is 3. The first-order valence-electron chi connectivity index (χ1n) is 9.72. The largest absolute Gasteiger partial charge is 0.374 e. The predicted molar refractivity (Wildman–Crippen MR) is 103 cm³/mol. The highest BCUT2D eigenvalue weighted by atomic mass is 16.5. The van der Waals surface area contributed by atoms with Crippen LogP contribution in [0.5, 0.6) is 0 Å². The highest BCUT2D eigenvalue weighted by molar-refractivity contribution is 5.83. The maximum atomic E-state index is 12.7. The molecule has 2 fully saturated rings. The number of morpholine rings is 1. The number of nitrogens with two attached hydrogens (primary N) is 1. The molecule has 144 valence electrons. The Morgan fingerprint density at radius 2 is 1.85 bits per heavy atom. The minimum absolute atomic E-state index is 0.0238. The van der Waals surface area contributed by atoms with Crippen LogP contribution in [0.3, 0.4) is 0 Å². The lowest BCUT2D eigenvalue weighted by Crippen LogP contribution is -2.55. The summed E-state index contributed by atoms with van der Waals surface area (Å²) in [5, 5.41) is 0. The van der Waals surface area contributed by atoms with Crippen molar-refractivity contribution in [2.75, 3.05) is 52.4 Å². The zero-order chi connectivity index (χ0) is 18.5. The van der Waals surface area contributed by atoms with Gasteiger partial charge in [0, 0.05) is 51.9 Å². The minimum Gasteiger partial charge on any atom is -0.374 e. The molecule has 0 bridgehead atoms. The van der Waals surface area contributed by atoms with Gasteiger partial charge >= 0.3 is 0 Å². The van der Waals surface area contributed by atoms with Crippen LogP contribution in [0.15, 0.2) is 30.3 Å². The van der Waals surface area contributed by atoms with Gasteiger partial charge in [-0.2, -0.15) is 0 Å². The van der Waals surface area contributed by atoms with E-state index in [-0.39, 0.29) is 12.0 Å². The normalized spacial score (nSPS) is 24.0. The molecule has 0 radical (unpaired) electrons. The van der Waals surface area contributed by atoms with E-state index in [9.17, 15) is 4.79 Å². The first-order valence-corrected chi connectivity index (χ1v) is 9.72. The molecule has 0 aliphatic carbocycles. The number of rotatable bonds is 5. The SMILES string of the molecule is CC(C)N1CCOC(CN2CCN(C(=O)C(N)c3ccccc3)CC2)C1. The molecule has 0 spiro atoms. The van der Waals surface area contributed by atoms with E-state index < -0.39 is 6.04 Å². The van der Waals surface area contributed by atoms with Gasteiger partial charge < -0.3 is 15.4 Å². The van der Waals surface area contributed by atoms with Crippen LogP contribution < -0.4 is 5.73 Å². The van der Waals surface area contributed by atoms with E-state index in [4.69, 9.17) is 10.5 Å². The quantitative estimate of drug-likeness (QED) is 0.847. The topological polar surface area (TPSA) is 62.0 Å². The summed E-state index contributed by atoms with van der Waals surface area (Å²) in [4.78, 5) is 19.5. The van der Waals surface area contributed by atoms with Gasteiger partial charge in [0.15, 0.2) is 0 Å². The lowest BCUT2D eigenvalue weighted by atomic mass is 10.1. The molecule has 2 aliphatic rings. The molecule has 0 saturated carbocycles. The molecule has 6 nitrogen and oxygen atoms in total. The second-order valence-corrected chi connectivity index (χ2v) is 7.60. The Labute approximate surface area is 156 Å². The van der Waals surface area contributed by atoms with Crippen LogP contribution >= 0.6 is 0 Å². The first-order chi connectivity index (χ1) is 12.5. The van der Waals surface area contributed by atoms with Gasteiger partial charge in [-0.3, -0.25) is 14.6 Å². The fraction of sp³-hybridized carbons (Fsp3) is 0.650. The Balaban J connectivity index is 1.46. The average molecular weight is 361 g/mol. The van der Waals surface area contributed by atoms with Crippen molar-refractivity contribution in [1.82, 2.24) is 14.7 Å². The second kappa shape index (κ2) is 8.95. The number of benzene rings is 1. The van der Waals surface area contributed by atoms with Crippen molar-refractivity contribution >= 4 is 5.91 Å². The number of hydrogen-bond donors (Lipinski definition) is 1. The average Bonchev–Trinajstić information content (AvgIpc) is 2.68. The number of hydrogen-bond acceptors (Lipinski definition) is 5. The molecule has 1 amide bonds. The summed E-state index contributed by atoms with van der Waals surface area (Å²) in [6.07, 6.45) is 0.264. The smallest absolute Gasteiger partial charge is 0.244 e. The summed E-state index contributed by atoms with van der Waals surface area (Å²) < 4.78 is 5.95. The van der Waals surface area contributed by atoms with E-state index in [2.05, 4.69) is 23.6 Å². The third-order valence-electron chi connectivity index (χ3n) is 5.47. The number of piperazine rings is 1. The molecular formula is C20H32N4O2. The minimum atomic E-state index is -0.566. The van der Waals surface area contributed by atoms with Gasteiger partial charge in [0.1, 0.15) is 6.04 Å². The Morgan fingerprint density at radius 1 is 1.15 bits per heavy atom. The van der Waals surface area contributed by atoms with Crippen LogP contribution in [0.1, 0.15) is 25.5 Å². The summed E-state index contributed by atoms with van der Waals surface area (Å²) >= 11 is 0. The molecule has 2 unspecified atom stereocenters. The molecular weight excluding hydrogens is 328 g/mol. The van der Waals surface area contributed by atoms with Crippen molar-refractivity contribution in [1.29, 1.82) is 0 Å². The summed E-state index contributed by atoms with van der Waals surface area (Å²) in [7, 11) is 0. The van der Waals surface area contributed by atoms with Crippen molar-refractivity contribution in [3.8, 4) is 0 Å². The second-order valence-electron chi connectivity index (χ2n) is 7.60. The van der Waals surface area contributed by atoms with Gasteiger partial charge in [-0.1, -0.05) is 30.3 Å². The molecule has 1 aromatic rings. The Bertz CT molecular complexity index is 572. The van der Waals surface area contributed by atoms with Crippen molar-refractivity contribution in [2.24, 2.45) is 5.73 Å². The maximum absolute atomic E-state index is 12.7. The van der Waals surface area contributed by atoms with Gasteiger partial charge in [-0.05, 0) is 19.4 Å². The summed E-state index contributed by atoms with van der Waals surface area (Å²) in [6.45, 7) is 11.5. The summed E-state index contributed by atoms with van der Waals surface area (Å²) in [5.74, 6) is 0.0238. The lowest BCUT2D eigenvalue weighted by Gasteiger charge is -2.40. The molecule has 3 rings (SSSR count). The molecule has 2 saturated heterocycles. The molecule has 26 heavy (non-hydrogen) atoms. The van der Waals surface area contributed by atoms with E-state index in [0.29, 0.717) is 6.04 Å². The van der Waals surface area contributed by atoms with E-state index in [1.165, 1.54) is 0 Å². The van der Waals surface area contributed by atoms with Gasteiger partial charge in [0.2, 0.25) is 5.91 Å².